The van der Waals surface area contributed by atoms with Crippen LogP contribution in [0.15, 0.2) is 0 Å². The van der Waals surface area contributed by atoms with Gasteiger partial charge in [0.1, 0.15) is 0 Å². The molecule has 0 fully saturated rings. The van der Waals surface area contributed by atoms with Crippen LogP contribution < -0.4 is 5.32 Å². The Bertz CT molecular complexity index is 552. The van der Waals surface area contributed by atoms with Crippen molar-refractivity contribution in [2.24, 2.45) is 0 Å². The first-order valence-electron chi connectivity index (χ1n) is 11.2. The number of rotatable bonds is 16. The van der Waals surface area contributed by atoms with Crippen molar-refractivity contribution < 1.29 is 18.0 Å². The zero-order chi connectivity index (χ0) is 22.1. The molecular weight excluding hydrogens is 390 g/mol. The molecule has 0 rings (SSSR count). The normalized spacial score (nSPS) is 11.3. The summed E-state index contributed by atoms with van der Waals surface area (Å²) in [4.78, 5) is 24.6. The largest absolute Gasteiger partial charge is 0.341 e. The summed E-state index contributed by atoms with van der Waals surface area (Å²) >= 11 is 0. The highest BCUT2D eigenvalue weighted by atomic mass is 32.2. The Balaban J connectivity index is 3.56. The molecule has 0 saturated heterocycles. The lowest BCUT2D eigenvalue weighted by Crippen LogP contribution is -2.48. The zero-order valence-corrected chi connectivity index (χ0v) is 19.9. The van der Waals surface area contributed by atoms with Crippen LogP contribution in [-0.2, 0) is 10.0 Å². The van der Waals surface area contributed by atoms with Crippen LogP contribution >= 0.6 is 0 Å². The molecule has 4 amide bonds. The number of amides is 4. The van der Waals surface area contributed by atoms with E-state index in [1.54, 1.807) is 0 Å². The molecule has 0 aliphatic heterocycles. The van der Waals surface area contributed by atoms with Crippen LogP contribution in [0.4, 0.5) is 9.59 Å². The third-order valence-corrected chi connectivity index (χ3v) is 6.32. The highest BCUT2D eigenvalue weighted by Crippen LogP contribution is 2.12. The van der Waals surface area contributed by atoms with Gasteiger partial charge in [0.15, 0.2) is 0 Å². The second-order valence-corrected chi connectivity index (χ2v) is 9.91. The number of unbranched alkanes of at least 4 members (excludes halogenated alkanes) is 13. The average Bonchev–Trinajstić information content (AvgIpc) is 2.68. The molecule has 29 heavy (non-hydrogen) atoms. The van der Waals surface area contributed by atoms with Gasteiger partial charge >= 0.3 is 12.1 Å². The lowest BCUT2D eigenvalue weighted by Gasteiger charge is -2.22. The van der Waals surface area contributed by atoms with Gasteiger partial charge in [-0.05, 0) is 6.42 Å². The molecule has 1 N–H and O–H groups in total. The number of sulfonamides is 1. The number of imide groups is 1. The van der Waals surface area contributed by atoms with Gasteiger partial charge in [-0.25, -0.2) is 27.2 Å². The van der Waals surface area contributed by atoms with Gasteiger partial charge < -0.3 is 5.32 Å². The van der Waals surface area contributed by atoms with E-state index in [2.05, 4.69) is 12.2 Å². The van der Waals surface area contributed by atoms with E-state index in [1.807, 2.05) is 0 Å². The van der Waals surface area contributed by atoms with E-state index in [4.69, 9.17) is 0 Å². The summed E-state index contributed by atoms with van der Waals surface area (Å²) in [5.41, 5.74) is 0. The minimum atomic E-state index is -3.67. The number of nitrogens with zero attached hydrogens (tertiary/aromatic N) is 2. The van der Waals surface area contributed by atoms with E-state index >= 15 is 0 Å². The van der Waals surface area contributed by atoms with Crippen molar-refractivity contribution in [3.63, 3.8) is 0 Å². The van der Waals surface area contributed by atoms with Gasteiger partial charge in [0, 0.05) is 20.6 Å². The maximum Gasteiger partial charge on any atom is 0.341 e. The van der Waals surface area contributed by atoms with Gasteiger partial charge in [-0.3, -0.25) is 0 Å². The molecule has 0 unspecified atom stereocenters. The third kappa shape index (κ3) is 14.3. The smallest absolute Gasteiger partial charge is 0.338 e. The first kappa shape index (κ1) is 27.7. The predicted molar refractivity (Wildman–Crippen MR) is 119 cm³/mol. The van der Waals surface area contributed by atoms with Gasteiger partial charge in [0.05, 0.1) is 6.26 Å². The molecule has 0 aromatic carbocycles. The number of hydrogen-bond acceptors (Lipinski definition) is 4. The summed E-state index contributed by atoms with van der Waals surface area (Å²) in [6.45, 7) is 2.73. The van der Waals surface area contributed by atoms with E-state index in [1.165, 1.54) is 77.7 Å². The Kier molecular flexibility index (Phi) is 15.7. The summed E-state index contributed by atoms with van der Waals surface area (Å²) in [5.74, 6) is 0. The van der Waals surface area contributed by atoms with Gasteiger partial charge in [-0.2, -0.15) is 0 Å². The molecule has 0 aliphatic carbocycles. The standard InChI is InChI=1S/C21H43N3O4S/c1-5-6-7-8-9-10-11-12-13-14-15-16-17-18-19-22-20(25)23(2)21(26)24(3)29(4,27)28/h5-19H2,1-4H3,(H,22,25). The van der Waals surface area contributed by atoms with Crippen molar-refractivity contribution >= 4 is 22.1 Å². The fourth-order valence-corrected chi connectivity index (χ4v) is 3.48. The van der Waals surface area contributed by atoms with Crippen molar-refractivity contribution in [2.75, 3.05) is 26.9 Å². The molecular formula is C21H43N3O4S. The lowest BCUT2D eigenvalue weighted by molar-refractivity contribution is 0.185. The number of carbonyl (C=O) groups excluding carboxylic acids is 2. The highest BCUT2D eigenvalue weighted by Gasteiger charge is 2.25. The Morgan fingerprint density at radius 2 is 1.10 bits per heavy atom. The van der Waals surface area contributed by atoms with Gasteiger partial charge in [-0.1, -0.05) is 90.4 Å². The molecule has 0 bridgehead atoms. The molecule has 0 radical (unpaired) electrons. The summed E-state index contributed by atoms with van der Waals surface area (Å²) in [6, 6.07) is -1.45. The summed E-state index contributed by atoms with van der Waals surface area (Å²) in [7, 11) is -1.27. The maximum atomic E-state index is 11.9. The molecule has 0 aromatic rings. The van der Waals surface area contributed by atoms with Crippen LogP contribution in [0.2, 0.25) is 0 Å². The van der Waals surface area contributed by atoms with Gasteiger partial charge in [-0.15, -0.1) is 0 Å². The molecule has 0 aliphatic rings. The van der Waals surface area contributed by atoms with E-state index in [0.717, 1.165) is 37.5 Å². The van der Waals surface area contributed by atoms with Crippen LogP contribution in [0.3, 0.4) is 0 Å². The number of carbonyl (C=O) groups is 2. The number of nitrogens with one attached hydrogen (secondary N) is 1. The fraction of sp³-hybridized carbons (Fsp3) is 0.905. The monoisotopic (exact) mass is 433 g/mol. The minimum Gasteiger partial charge on any atom is -0.338 e. The third-order valence-electron chi connectivity index (χ3n) is 5.16. The zero-order valence-electron chi connectivity index (χ0n) is 19.0. The predicted octanol–water partition coefficient (Wildman–Crippen LogP) is 5.12. The van der Waals surface area contributed by atoms with Crippen LogP contribution in [0.5, 0.6) is 0 Å². The van der Waals surface area contributed by atoms with Gasteiger partial charge in [0.25, 0.3) is 0 Å². The van der Waals surface area contributed by atoms with E-state index in [9.17, 15) is 18.0 Å². The van der Waals surface area contributed by atoms with Crippen LogP contribution in [0.25, 0.3) is 0 Å². The first-order chi connectivity index (χ1) is 13.7. The van der Waals surface area contributed by atoms with Crippen LogP contribution in [0, 0.1) is 0 Å². The lowest BCUT2D eigenvalue weighted by atomic mass is 10.0. The molecule has 0 atom stereocenters. The highest BCUT2D eigenvalue weighted by molar-refractivity contribution is 7.88. The van der Waals surface area contributed by atoms with E-state index < -0.39 is 22.1 Å². The molecule has 0 spiro atoms. The summed E-state index contributed by atoms with van der Waals surface area (Å²) < 4.78 is 23.3. The van der Waals surface area contributed by atoms with Gasteiger partial charge in [0.2, 0.25) is 10.0 Å². The minimum absolute atomic E-state index is 0.483. The Hall–Kier alpha value is -1.31. The molecule has 0 heterocycles. The van der Waals surface area contributed by atoms with Crippen LogP contribution in [-0.4, -0.2) is 56.6 Å². The van der Waals surface area contributed by atoms with Crippen molar-refractivity contribution in [2.45, 2.75) is 96.8 Å². The van der Waals surface area contributed by atoms with Crippen LogP contribution in [0.1, 0.15) is 96.8 Å². The van der Waals surface area contributed by atoms with Crippen molar-refractivity contribution in [3.8, 4) is 0 Å². The van der Waals surface area contributed by atoms with Crippen molar-refractivity contribution in [1.29, 1.82) is 0 Å². The Morgan fingerprint density at radius 1 is 0.724 bits per heavy atom. The number of urea groups is 2. The average molecular weight is 434 g/mol. The molecule has 0 saturated carbocycles. The van der Waals surface area contributed by atoms with E-state index in [0.29, 0.717) is 10.8 Å². The fourth-order valence-electron chi connectivity index (χ4n) is 3.07. The van der Waals surface area contributed by atoms with E-state index in [-0.39, 0.29) is 0 Å². The SMILES string of the molecule is CCCCCCCCCCCCCCCCNC(=O)N(C)C(=O)N(C)S(C)(=O)=O. The molecule has 7 nitrogen and oxygen atoms in total. The second kappa shape index (κ2) is 16.5. The van der Waals surface area contributed by atoms with Crippen molar-refractivity contribution in [3.05, 3.63) is 0 Å². The van der Waals surface area contributed by atoms with Crippen molar-refractivity contribution in [1.82, 2.24) is 14.5 Å². The topological polar surface area (TPSA) is 86.8 Å². The second-order valence-electron chi connectivity index (χ2n) is 7.90. The summed E-state index contributed by atoms with van der Waals surface area (Å²) in [5, 5.41) is 2.66. The quantitative estimate of drug-likeness (QED) is 0.342. The first-order valence-corrected chi connectivity index (χ1v) is 13.1. The maximum absolute atomic E-state index is 11.9. The Morgan fingerprint density at radius 3 is 1.48 bits per heavy atom. The Labute approximate surface area is 178 Å². The molecule has 8 heteroatoms. The summed E-state index contributed by atoms with van der Waals surface area (Å²) in [6.07, 6.45) is 18.7. The molecule has 0 aromatic heterocycles. The number of hydrogen-bond donors (Lipinski definition) is 1. The molecule has 172 valence electrons.